The van der Waals surface area contributed by atoms with Gasteiger partial charge < -0.3 is 10.6 Å². The zero-order valence-corrected chi connectivity index (χ0v) is 10.5. The predicted octanol–water partition coefficient (Wildman–Crippen LogP) is 3.20. The number of benzene rings is 1. The van der Waals surface area contributed by atoms with Gasteiger partial charge in [-0.05, 0) is 50.3 Å². The summed E-state index contributed by atoms with van der Waals surface area (Å²) in [5, 5.41) is 0. The van der Waals surface area contributed by atoms with Gasteiger partial charge in [0.2, 0.25) is 0 Å². The summed E-state index contributed by atoms with van der Waals surface area (Å²) < 4.78 is 0. The molecule has 0 aromatic heterocycles. The quantitative estimate of drug-likeness (QED) is 0.733. The summed E-state index contributed by atoms with van der Waals surface area (Å²) >= 11 is 0. The van der Waals surface area contributed by atoms with E-state index in [2.05, 4.69) is 37.8 Å². The van der Waals surface area contributed by atoms with E-state index in [-0.39, 0.29) is 0 Å². The summed E-state index contributed by atoms with van der Waals surface area (Å²) in [5.41, 5.74) is 9.42. The molecule has 0 radical (unpaired) electrons. The van der Waals surface area contributed by atoms with Gasteiger partial charge in [0.25, 0.3) is 0 Å². The third-order valence-electron chi connectivity index (χ3n) is 3.79. The summed E-state index contributed by atoms with van der Waals surface area (Å²) in [7, 11) is 0. The van der Waals surface area contributed by atoms with Crippen molar-refractivity contribution in [1.82, 2.24) is 0 Å². The first-order chi connectivity index (χ1) is 7.59. The monoisotopic (exact) mass is 218 g/mol. The van der Waals surface area contributed by atoms with E-state index in [1.54, 1.807) is 0 Å². The second kappa shape index (κ2) is 4.36. The minimum atomic E-state index is 0.629. The van der Waals surface area contributed by atoms with Gasteiger partial charge in [0.15, 0.2) is 0 Å². The molecule has 0 saturated carbocycles. The molecule has 1 aromatic rings. The molecule has 0 spiro atoms. The van der Waals surface area contributed by atoms with Gasteiger partial charge in [0, 0.05) is 24.0 Å². The van der Waals surface area contributed by atoms with Crippen molar-refractivity contribution in [3.05, 3.63) is 23.8 Å². The van der Waals surface area contributed by atoms with Gasteiger partial charge >= 0.3 is 0 Å². The van der Waals surface area contributed by atoms with E-state index in [9.17, 15) is 0 Å². The van der Waals surface area contributed by atoms with Crippen molar-refractivity contribution in [2.75, 3.05) is 17.2 Å². The fourth-order valence-electron chi connectivity index (χ4n) is 2.72. The molecule has 1 heterocycles. The number of hydrogen-bond acceptors (Lipinski definition) is 2. The maximum atomic E-state index is 5.97. The van der Waals surface area contributed by atoms with Crippen molar-refractivity contribution in [3.8, 4) is 0 Å². The second-order valence-electron chi connectivity index (χ2n) is 5.16. The lowest BCUT2D eigenvalue weighted by atomic mass is 9.92. The molecule has 2 N–H and O–H groups in total. The molecule has 1 aromatic carbocycles. The molecular weight excluding hydrogens is 196 g/mol. The van der Waals surface area contributed by atoms with Crippen molar-refractivity contribution < 1.29 is 0 Å². The maximum absolute atomic E-state index is 5.97. The fourth-order valence-corrected chi connectivity index (χ4v) is 2.72. The third kappa shape index (κ3) is 2.01. The predicted molar refractivity (Wildman–Crippen MR) is 70.8 cm³/mol. The van der Waals surface area contributed by atoms with Crippen molar-refractivity contribution in [3.63, 3.8) is 0 Å². The average Bonchev–Trinajstić information content (AvgIpc) is 2.23. The smallest absolute Gasteiger partial charge is 0.0419 e. The Morgan fingerprint density at radius 2 is 2.06 bits per heavy atom. The molecule has 2 nitrogen and oxygen atoms in total. The molecule has 1 aliphatic rings. The van der Waals surface area contributed by atoms with Gasteiger partial charge in [0.05, 0.1) is 0 Å². The van der Waals surface area contributed by atoms with Crippen LogP contribution in [-0.4, -0.2) is 12.6 Å². The van der Waals surface area contributed by atoms with E-state index in [1.807, 2.05) is 6.07 Å². The highest BCUT2D eigenvalue weighted by Gasteiger charge is 2.24. The van der Waals surface area contributed by atoms with Crippen molar-refractivity contribution in [2.45, 2.75) is 39.7 Å². The van der Waals surface area contributed by atoms with Crippen molar-refractivity contribution in [1.29, 1.82) is 0 Å². The molecule has 0 aliphatic carbocycles. The van der Waals surface area contributed by atoms with Crippen molar-refractivity contribution >= 4 is 11.4 Å². The third-order valence-corrected chi connectivity index (χ3v) is 3.79. The molecule has 88 valence electrons. The van der Waals surface area contributed by atoms with Crippen LogP contribution in [0, 0.1) is 12.8 Å². The Bertz CT molecular complexity index is 373. The highest BCUT2D eigenvalue weighted by molar-refractivity contribution is 5.64. The molecular formula is C14H22N2. The lowest BCUT2D eigenvalue weighted by Gasteiger charge is -2.39. The van der Waals surface area contributed by atoms with Gasteiger partial charge in [-0.15, -0.1) is 0 Å². The SMILES string of the molecule is Cc1c(N)cccc1N1CCC(C)CC1C. The Hall–Kier alpha value is -1.18. The van der Waals surface area contributed by atoms with Crippen LogP contribution >= 0.6 is 0 Å². The normalized spacial score (nSPS) is 25.8. The molecule has 1 fully saturated rings. The Balaban J connectivity index is 2.27. The fraction of sp³-hybridized carbons (Fsp3) is 0.571. The van der Waals surface area contributed by atoms with Gasteiger partial charge in [-0.3, -0.25) is 0 Å². The molecule has 1 saturated heterocycles. The number of nitrogens with two attached hydrogens (primary N) is 1. The van der Waals surface area contributed by atoms with Gasteiger partial charge in [-0.25, -0.2) is 0 Å². The molecule has 16 heavy (non-hydrogen) atoms. The lowest BCUT2D eigenvalue weighted by Crippen LogP contribution is -2.40. The van der Waals surface area contributed by atoms with E-state index in [0.717, 1.165) is 18.2 Å². The topological polar surface area (TPSA) is 29.3 Å². The molecule has 1 aliphatic heterocycles. The Morgan fingerprint density at radius 3 is 2.75 bits per heavy atom. The first-order valence-corrected chi connectivity index (χ1v) is 6.21. The summed E-state index contributed by atoms with van der Waals surface area (Å²) in [6.07, 6.45) is 2.58. The largest absolute Gasteiger partial charge is 0.398 e. The van der Waals surface area contributed by atoms with Crippen LogP contribution < -0.4 is 10.6 Å². The first-order valence-electron chi connectivity index (χ1n) is 6.21. The van der Waals surface area contributed by atoms with Crippen molar-refractivity contribution in [2.24, 2.45) is 5.92 Å². The second-order valence-corrected chi connectivity index (χ2v) is 5.16. The zero-order chi connectivity index (χ0) is 11.7. The van der Waals surface area contributed by atoms with Gasteiger partial charge in [-0.1, -0.05) is 13.0 Å². The Morgan fingerprint density at radius 1 is 1.31 bits per heavy atom. The lowest BCUT2D eigenvalue weighted by molar-refractivity contribution is 0.377. The van der Waals surface area contributed by atoms with Gasteiger partial charge in [0.1, 0.15) is 0 Å². The Labute approximate surface area is 98.4 Å². The minimum Gasteiger partial charge on any atom is -0.398 e. The molecule has 0 bridgehead atoms. The highest BCUT2D eigenvalue weighted by Crippen LogP contribution is 2.31. The van der Waals surface area contributed by atoms with Crippen LogP contribution in [0.2, 0.25) is 0 Å². The number of rotatable bonds is 1. The zero-order valence-electron chi connectivity index (χ0n) is 10.5. The highest BCUT2D eigenvalue weighted by atomic mass is 15.2. The summed E-state index contributed by atoms with van der Waals surface area (Å²) in [6, 6.07) is 6.86. The van der Waals surface area contributed by atoms with E-state index >= 15 is 0 Å². The van der Waals surface area contributed by atoms with E-state index in [1.165, 1.54) is 24.1 Å². The van der Waals surface area contributed by atoms with E-state index in [0.29, 0.717) is 6.04 Å². The van der Waals surface area contributed by atoms with E-state index < -0.39 is 0 Å². The van der Waals surface area contributed by atoms with Crippen LogP contribution in [0.3, 0.4) is 0 Å². The molecule has 0 amide bonds. The first kappa shape index (κ1) is 11.3. The number of nitrogens with zero attached hydrogens (tertiary/aromatic N) is 1. The standard InChI is InChI=1S/C14H22N2/c1-10-7-8-16(11(2)9-10)14-6-4-5-13(15)12(14)3/h4-6,10-11H,7-9,15H2,1-3H3. The van der Waals surface area contributed by atoms with Crippen LogP contribution in [0.5, 0.6) is 0 Å². The van der Waals surface area contributed by atoms with Crippen LogP contribution in [0.25, 0.3) is 0 Å². The summed E-state index contributed by atoms with van der Waals surface area (Å²) in [6.45, 7) is 7.94. The molecule has 2 heteroatoms. The number of nitrogen functional groups attached to an aromatic ring is 1. The van der Waals surface area contributed by atoms with Crippen LogP contribution in [-0.2, 0) is 0 Å². The van der Waals surface area contributed by atoms with Crippen LogP contribution in [0.4, 0.5) is 11.4 Å². The molecule has 2 rings (SSSR count). The summed E-state index contributed by atoms with van der Waals surface area (Å²) in [4.78, 5) is 2.51. The van der Waals surface area contributed by atoms with Gasteiger partial charge in [-0.2, -0.15) is 0 Å². The maximum Gasteiger partial charge on any atom is 0.0419 e. The van der Waals surface area contributed by atoms with Crippen LogP contribution in [0.1, 0.15) is 32.3 Å². The summed E-state index contributed by atoms with van der Waals surface area (Å²) in [5.74, 6) is 0.854. The Kier molecular flexibility index (Phi) is 3.08. The van der Waals surface area contributed by atoms with Crippen LogP contribution in [0.15, 0.2) is 18.2 Å². The number of piperidine rings is 1. The number of anilines is 2. The number of hydrogen-bond donors (Lipinski definition) is 1. The van der Waals surface area contributed by atoms with E-state index in [4.69, 9.17) is 5.73 Å². The minimum absolute atomic E-state index is 0.629. The average molecular weight is 218 g/mol. The molecule has 2 unspecified atom stereocenters. The molecule has 2 atom stereocenters.